The molecule has 0 radical (unpaired) electrons. The molecule has 0 unspecified atom stereocenters. The van der Waals surface area contributed by atoms with E-state index in [1.165, 1.54) is 24.1 Å². The Kier molecular flexibility index (Phi) is 4.49. The largest absolute Gasteiger partial charge is 0.381 e. The molecule has 3 rings (SSSR count). The minimum absolute atomic E-state index is 0.557. The lowest BCUT2D eigenvalue weighted by molar-refractivity contribution is 0.0854. The molecule has 0 amide bonds. The van der Waals surface area contributed by atoms with Gasteiger partial charge in [0.2, 0.25) is 0 Å². The molecule has 1 aromatic rings. The van der Waals surface area contributed by atoms with Gasteiger partial charge in [0.25, 0.3) is 0 Å². The van der Waals surface area contributed by atoms with Gasteiger partial charge in [-0.1, -0.05) is 17.7 Å². The molecule has 1 saturated heterocycles. The molecule has 0 spiro atoms. The molecule has 0 aromatic heterocycles. The van der Waals surface area contributed by atoms with Crippen LogP contribution < -0.4 is 10.2 Å². The summed E-state index contributed by atoms with van der Waals surface area (Å²) in [5.74, 6) is 0. The summed E-state index contributed by atoms with van der Waals surface area (Å²) in [5, 5.41) is 4.41. The van der Waals surface area contributed by atoms with Crippen molar-refractivity contribution in [3.8, 4) is 0 Å². The Balaban J connectivity index is 1.75. The van der Waals surface area contributed by atoms with Crippen molar-refractivity contribution in [2.24, 2.45) is 0 Å². The highest BCUT2D eigenvalue weighted by Crippen LogP contribution is 2.29. The molecule has 20 heavy (non-hydrogen) atoms. The summed E-state index contributed by atoms with van der Waals surface area (Å²) in [4.78, 5) is 2.39. The molecule has 1 aliphatic heterocycles. The van der Waals surface area contributed by atoms with E-state index in [-0.39, 0.29) is 0 Å². The van der Waals surface area contributed by atoms with Crippen molar-refractivity contribution in [2.75, 3.05) is 25.2 Å². The molecule has 4 heteroatoms. The Hall–Kier alpha value is -0.770. The number of hydrogen-bond acceptors (Lipinski definition) is 3. The van der Waals surface area contributed by atoms with Crippen LogP contribution in [-0.2, 0) is 11.3 Å². The highest BCUT2D eigenvalue weighted by atomic mass is 35.5. The second-order valence-corrected chi connectivity index (χ2v) is 6.32. The minimum atomic E-state index is 0.557. The summed E-state index contributed by atoms with van der Waals surface area (Å²) < 4.78 is 5.46. The number of anilines is 1. The summed E-state index contributed by atoms with van der Waals surface area (Å²) in [7, 11) is 2.18. The van der Waals surface area contributed by atoms with Crippen LogP contribution >= 0.6 is 11.6 Å². The molecule has 1 aliphatic carbocycles. The van der Waals surface area contributed by atoms with E-state index in [4.69, 9.17) is 16.3 Å². The van der Waals surface area contributed by atoms with Crippen molar-refractivity contribution in [1.82, 2.24) is 5.32 Å². The van der Waals surface area contributed by atoms with Crippen LogP contribution in [0.5, 0.6) is 0 Å². The molecule has 1 aromatic carbocycles. The fraction of sp³-hybridized carbons (Fsp3) is 0.625. The number of halogens is 1. The van der Waals surface area contributed by atoms with Gasteiger partial charge in [-0.25, -0.2) is 0 Å². The number of hydrogen-bond donors (Lipinski definition) is 1. The molecular formula is C16H23ClN2O. The number of benzene rings is 1. The van der Waals surface area contributed by atoms with E-state index in [2.05, 4.69) is 29.4 Å². The van der Waals surface area contributed by atoms with E-state index in [0.29, 0.717) is 6.04 Å². The normalized spacial score (nSPS) is 20.1. The highest BCUT2D eigenvalue weighted by Gasteiger charge is 2.23. The van der Waals surface area contributed by atoms with Crippen molar-refractivity contribution in [2.45, 2.75) is 44.3 Å². The van der Waals surface area contributed by atoms with Crippen LogP contribution in [-0.4, -0.2) is 32.3 Å². The molecule has 1 heterocycles. The molecule has 3 nitrogen and oxygen atoms in total. The second-order valence-electron chi connectivity index (χ2n) is 5.88. The smallest absolute Gasteiger partial charge is 0.0485 e. The summed E-state index contributed by atoms with van der Waals surface area (Å²) in [6.07, 6.45) is 4.83. The number of ether oxygens (including phenoxy) is 1. The maximum Gasteiger partial charge on any atom is 0.0485 e. The topological polar surface area (TPSA) is 24.5 Å². The summed E-state index contributed by atoms with van der Waals surface area (Å²) in [5.41, 5.74) is 2.60. The standard InChI is InChI=1S/C16H23ClN2O/c1-19(15-6-8-20-9-7-15)16-10-13(17)3-2-12(16)11-18-14-4-5-14/h2-3,10,14-15,18H,4-9,11H2,1H3. The highest BCUT2D eigenvalue weighted by molar-refractivity contribution is 6.30. The zero-order chi connectivity index (χ0) is 13.9. The number of nitrogens with one attached hydrogen (secondary N) is 1. The lowest BCUT2D eigenvalue weighted by atomic mass is 10.0. The third-order valence-corrected chi connectivity index (χ3v) is 4.56. The molecule has 0 atom stereocenters. The Morgan fingerprint density at radius 1 is 1.25 bits per heavy atom. The molecule has 110 valence electrons. The zero-order valence-electron chi connectivity index (χ0n) is 12.1. The maximum absolute atomic E-state index is 6.20. The lowest BCUT2D eigenvalue weighted by Gasteiger charge is -2.34. The van der Waals surface area contributed by atoms with E-state index < -0.39 is 0 Å². The van der Waals surface area contributed by atoms with Gasteiger partial charge in [0.1, 0.15) is 0 Å². The molecule has 2 aliphatic rings. The van der Waals surface area contributed by atoms with Crippen LogP contribution in [0, 0.1) is 0 Å². The average molecular weight is 295 g/mol. The quantitative estimate of drug-likeness (QED) is 0.902. The van der Waals surface area contributed by atoms with Gasteiger partial charge in [0.05, 0.1) is 0 Å². The fourth-order valence-corrected chi connectivity index (χ4v) is 2.99. The first kappa shape index (κ1) is 14.2. The van der Waals surface area contributed by atoms with Crippen molar-refractivity contribution in [1.29, 1.82) is 0 Å². The van der Waals surface area contributed by atoms with E-state index >= 15 is 0 Å². The van der Waals surface area contributed by atoms with Crippen LogP contribution in [0.25, 0.3) is 0 Å². The van der Waals surface area contributed by atoms with Crippen LogP contribution in [0.3, 0.4) is 0 Å². The third-order valence-electron chi connectivity index (χ3n) is 4.32. The SMILES string of the molecule is CN(c1cc(Cl)ccc1CNC1CC1)C1CCOCC1. The van der Waals surface area contributed by atoms with Crippen LogP contribution in [0.4, 0.5) is 5.69 Å². The average Bonchev–Trinajstić information content (AvgIpc) is 3.30. The summed E-state index contributed by atoms with van der Waals surface area (Å²) in [6, 6.07) is 7.53. The zero-order valence-corrected chi connectivity index (χ0v) is 12.8. The first-order valence-electron chi connectivity index (χ1n) is 7.56. The van der Waals surface area contributed by atoms with Gasteiger partial charge >= 0.3 is 0 Å². The molecular weight excluding hydrogens is 272 g/mol. The van der Waals surface area contributed by atoms with Gasteiger partial charge in [-0.05, 0) is 43.4 Å². The fourth-order valence-electron chi connectivity index (χ4n) is 2.83. The van der Waals surface area contributed by atoms with Crippen LogP contribution in [0.1, 0.15) is 31.2 Å². The van der Waals surface area contributed by atoms with Crippen LogP contribution in [0.2, 0.25) is 5.02 Å². The van der Waals surface area contributed by atoms with Crippen molar-refractivity contribution in [3.63, 3.8) is 0 Å². The predicted molar refractivity (Wildman–Crippen MR) is 83.6 cm³/mol. The number of rotatable bonds is 5. The minimum Gasteiger partial charge on any atom is -0.381 e. The lowest BCUT2D eigenvalue weighted by Crippen LogP contribution is -2.37. The molecule has 2 fully saturated rings. The summed E-state index contributed by atoms with van der Waals surface area (Å²) in [6.45, 7) is 2.67. The Morgan fingerprint density at radius 3 is 2.70 bits per heavy atom. The van der Waals surface area contributed by atoms with E-state index in [0.717, 1.165) is 43.7 Å². The van der Waals surface area contributed by atoms with Gasteiger partial charge in [0, 0.05) is 49.6 Å². The molecule has 0 bridgehead atoms. The van der Waals surface area contributed by atoms with E-state index in [9.17, 15) is 0 Å². The van der Waals surface area contributed by atoms with Crippen molar-refractivity contribution in [3.05, 3.63) is 28.8 Å². The predicted octanol–water partition coefficient (Wildman–Crippen LogP) is 3.21. The first-order chi connectivity index (χ1) is 9.74. The van der Waals surface area contributed by atoms with Crippen molar-refractivity contribution >= 4 is 17.3 Å². The van der Waals surface area contributed by atoms with Gasteiger partial charge in [-0.3, -0.25) is 0 Å². The van der Waals surface area contributed by atoms with E-state index in [1.54, 1.807) is 0 Å². The van der Waals surface area contributed by atoms with Crippen LogP contribution in [0.15, 0.2) is 18.2 Å². The first-order valence-corrected chi connectivity index (χ1v) is 7.94. The monoisotopic (exact) mass is 294 g/mol. The number of nitrogens with zero attached hydrogens (tertiary/aromatic N) is 1. The van der Waals surface area contributed by atoms with E-state index in [1.807, 2.05) is 6.07 Å². The molecule has 1 saturated carbocycles. The Morgan fingerprint density at radius 2 is 2.00 bits per heavy atom. The third kappa shape index (κ3) is 3.46. The Labute approximate surface area is 126 Å². The van der Waals surface area contributed by atoms with Gasteiger partial charge in [-0.2, -0.15) is 0 Å². The van der Waals surface area contributed by atoms with Gasteiger partial charge in [0.15, 0.2) is 0 Å². The van der Waals surface area contributed by atoms with Crippen molar-refractivity contribution < 1.29 is 4.74 Å². The molecule has 1 N–H and O–H groups in total. The Bertz CT molecular complexity index is 456. The second kappa shape index (κ2) is 6.33. The maximum atomic E-state index is 6.20. The summed E-state index contributed by atoms with van der Waals surface area (Å²) >= 11 is 6.20. The van der Waals surface area contributed by atoms with Gasteiger partial charge in [-0.15, -0.1) is 0 Å². The van der Waals surface area contributed by atoms with Gasteiger partial charge < -0.3 is 15.0 Å².